The van der Waals surface area contributed by atoms with Crippen LogP contribution in [0.1, 0.15) is 43.4 Å². The van der Waals surface area contributed by atoms with Crippen LogP contribution < -0.4 is 24.8 Å². The Labute approximate surface area is 287 Å². The first-order valence-electron chi connectivity index (χ1n) is 15.4. The molecule has 2 aliphatic rings. The van der Waals surface area contributed by atoms with E-state index in [0.717, 1.165) is 0 Å². The molecule has 0 fully saturated rings. The van der Waals surface area contributed by atoms with E-state index in [9.17, 15) is 0 Å². The van der Waals surface area contributed by atoms with E-state index in [1.807, 2.05) is 3.28 Å². The first-order chi connectivity index (χ1) is 19.9. The molecule has 6 rings (SSSR count). The SMILES string of the molecule is Cc1ccc2c(c1)[CH]([Zr+2]([C]1=C([Si](C)(C)C)C=C([Si](C)(C)C)C1)=[C](c1ccccc1)c1ccccc1)c1cc(C)ccc1-2.[Cl-].[Cl-]. The van der Waals surface area contributed by atoms with Crippen molar-refractivity contribution in [1.82, 2.24) is 0 Å². The Hall–Kier alpha value is -1.87. The smallest absolute Gasteiger partial charge is 1.00 e. The summed E-state index contributed by atoms with van der Waals surface area (Å²) in [7, 11) is -3.08. The predicted molar refractivity (Wildman–Crippen MR) is 186 cm³/mol. The molecule has 0 amide bonds. The Morgan fingerprint density at radius 2 is 1.07 bits per heavy atom. The molecule has 0 aromatic heterocycles. The normalized spacial score (nSPS) is 14.1. The van der Waals surface area contributed by atoms with Gasteiger partial charge in [0.15, 0.2) is 0 Å². The number of aryl methyl sites for hydroxylation is 2. The Bertz CT molecular complexity index is 1680. The Morgan fingerprint density at radius 1 is 0.614 bits per heavy atom. The van der Waals surface area contributed by atoms with Crippen molar-refractivity contribution in [2.45, 2.75) is 63.2 Å². The van der Waals surface area contributed by atoms with Crippen LogP contribution in [-0.4, -0.2) is 19.4 Å². The van der Waals surface area contributed by atoms with E-state index >= 15 is 0 Å². The van der Waals surface area contributed by atoms with Crippen molar-refractivity contribution in [3.8, 4) is 11.1 Å². The summed E-state index contributed by atoms with van der Waals surface area (Å²) in [4.78, 5) is 0. The van der Waals surface area contributed by atoms with Crippen LogP contribution in [0.2, 0.25) is 39.3 Å². The van der Waals surface area contributed by atoms with Gasteiger partial charge < -0.3 is 24.8 Å². The molecule has 0 radical (unpaired) electrons. The molecule has 44 heavy (non-hydrogen) atoms. The summed E-state index contributed by atoms with van der Waals surface area (Å²) in [5.41, 5.74) is 11.7. The van der Waals surface area contributed by atoms with Gasteiger partial charge in [-0.15, -0.1) is 0 Å². The first-order valence-corrected chi connectivity index (χ1v) is 26.3. The number of fused-ring (bicyclic) bond motifs is 3. The zero-order valence-corrected chi connectivity index (χ0v) is 33.3. The summed E-state index contributed by atoms with van der Waals surface area (Å²) >= 11 is -2.78. The number of halogens is 2. The van der Waals surface area contributed by atoms with Crippen LogP contribution in [0, 0.1) is 13.8 Å². The van der Waals surface area contributed by atoms with E-state index in [1.165, 1.54) is 39.8 Å². The van der Waals surface area contributed by atoms with Crippen molar-refractivity contribution >= 4 is 19.4 Å². The minimum atomic E-state index is -2.78. The zero-order valence-electron chi connectivity index (χ0n) is 27.4. The summed E-state index contributed by atoms with van der Waals surface area (Å²) in [5, 5.41) is 3.54. The predicted octanol–water partition coefficient (Wildman–Crippen LogP) is 4.61. The summed E-state index contributed by atoms with van der Waals surface area (Å²) < 4.78 is 4.01. The third-order valence-corrected chi connectivity index (χ3v) is 22.4. The number of benzene rings is 4. The maximum Gasteiger partial charge on any atom is -1.00 e. The average Bonchev–Trinajstić information content (AvgIpc) is 3.53. The fourth-order valence-corrected chi connectivity index (χ4v) is 23.2. The molecule has 0 unspecified atom stereocenters. The van der Waals surface area contributed by atoms with Crippen LogP contribution in [0.25, 0.3) is 11.1 Å². The van der Waals surface area contributed by atoms with E-state index in [-0.39, 0.29) is 24.8 Å². The molecule has 0 aliphatic heterocycles. The number of allylic oxidation sites excluding steroid dienone is 4. The molecular weight excluding hydrogens is 687 g/mol. The van der Waals surface area contributed by atoms with Gasteiger partial charge in [0.25, 0.3) is 0 Å². The monoisotopic (exact) mass is 728 g/mol. The second kappa shape index (κ2) is 13.5. The third kappa shape index (κ3) is 6.65. The quantitative estimate of drug-likeness (QED) is 0.255. The standard InChI is InChI=1S/C15H13.C13H10.C11H21Si2.2ClH.Zr/c1-10-3-5-14-12(7-10)9-13-8-11(2)4-6-15(13)14;1-3-7-12(8-4-1)11-13-9-5-2-6-10-13;1-12(2,3)10-7-8-11(9-10)13(4,5)6;;;/h3-9H,1-2H3;1-10H;9H,7H2,1-6H3;2*1H;/q;;;;;+2/p-2. The summed E-state index contributed by atoms with van der Waals surface area (Å²) in [6.45, 7) is 20.0. The topological polar surface area (TPSA) is 0 Å². The molecule has 0 nitrogen and oxygen atoms in total. The van der Waals surface area contributed by atoms with Crippen LogP contribution in [0.3, 0.4) is 0 Å². The van der Waals surface area contributed by atoms with Gasteiger partial charge in [0.05, 0.1) is 0 Å². The van der Waals surface area contributed by atoms with Crippen molar-refractivity contribution < 1.29 is 46.1 Å². The number of hydrogen-bond acceptors (Lipinski definition) is 0. The van der Waals surface area contributed by atoms with Crippen molar-refractivity contribution in [1.29, 1.82) is 0 Å². The van der Waals surface area contributed by atoms with E-state index in [2.05, 4.69) is 156 Å². The summed E-state index contributed by atoms with van der Waals surface area (Å²) in [6.07, 6.45) is 3.94. The van der Waals surface area contributed by atoms with Crippen molar-refractivity contribution in [2.24, 2.45) is 0 Å². The van der Waals surface area contributed by atoms with Gasteiger partial charge in [0.1, 0.15) is 0 Å². The third-order valence-electron chi connectivity index (χ3n) is 9.12. The van der Waals surface area contributed by atoms with E-state index in [1.54, 1.807) is 24.7 Å². The van der Waals surface area contributed by atoms with Gasteiger partial charge in [-0.05, 0) is 0 Å². The minimum absolute atomic E-state index is 0. The zero-order chi connectivity index (χ0) is 29.8. The molecular formula is C39H44Cl2Si2Zr. The van der Waals surface area contributed by atoms with Gasteiger partial charge >= 0.3 is 265 Å². The van der Waals surface area contributed by atoms with E-state index in [4.69, 9.17) is 0 Å². The summed E-state index contributed by atoms with van der Waals surface area (Å²) in [6, 6.07) is 37.5. The Kier molecular flexibility index (Phi) is 10.7. The second-order valence-corrected chi connectivity index (χ2v) is 30.7. The molecule has 4 aromatic rings. The maximum absolute atomic E-state index is 2.78. The minimum Gasteiger partial charge on any atom is -1.00 e. The van der Waals surface area contributed by atoms with Gasteiger partial charge in [0.2, 0.25) is 0 Å². The fraction of sp³-hybridized carbons (Fsp3) is 0.256. The molecule has 0 N–H and O–H groups in total. The van der Waals surface area contributed by atoms with Gasteiger partial charge in [-0.25, -0.2) is 0 Å². The number of hydrogen-bond donors (Lipinski definition) is 0. The van der Waals surface area contributed by atoms with E-state index in [0.29, 0.717) is 3.63 Å². The van der Waals surface area contributed by atoms with Crippen LogP contribution in [0.4, 0.5) is 0 Å². The van der Waals surface area contributed by atoms with E-state index < -0.39 is 37.4 Å². The van der Waals surface area contributed by atoms with Crippen molar-refractivity contribution in [3.63, 3.8) is 0 Å². The van der Waals surface area contributed by atoms with Gasteiger partial charge in [-0.3, -0.25) is 0 Å². The molecule has 0 saturated carbocycles. The van der Waals surface area contributed by atoms with Crippen LogP contribution >= 0.6 is 0 Å². The second-order valence-electron chi connectivity index (χ2n) is 14.4. The van der Waals surface area contributed by atoms with Gasteiger partial charge in [-0.1, -0.05) is 0 Å². The largest absolute Gasteiger partial charge is 1.00 e. The molecule has 0 atom stereocenters. The number of rotatable bonds is 6. The van der Waals surface area contributed by atoms with Crippen LogP contribution in [0.15, 0.2) is 117 Å². The van der Waals surface area contributed by atoms with Crippen LogP contribution in [0.5, 0.6) is 0 Å². The van der Waals surface area contributed by atoms with Crippen molar-refractivity contribution in [2.75, 3.05) is 0 Å². The van der Waals surface area contributed by atoms with Gasteiger partial charge in [0, 0.05) is 0 Å². The molecule has 2 aliphatic carbocycles. The molecule has 4 aromatic carbocycles. The molecule has 226 valence electrons. The molecule has 0 spiro atoms. The maximum atomic E-state index is 2.74. The summed E-state index contributed by atoms with van der Waals surface area (Å²) in [5.74, 6) is 0. The molecule has 0 saturated heterocycles. The molecule has 0 bridgehead atoms. The Morgan fingerprint density at radius 3 is 1.48 bits per heavy atom. The van der Waals surface area contributed by atoms with Crippen LogP contribution in [-0.2, 0) is 21.3 Å². The molecule has 0 heterocycles. The average molecular weight is 731 g/mol. The fourth-order valence-electron chi connectivity index (χ4n) is 6.96. The first kappa shape index (κ1) is 35.0. The van der Waals surface area contributed by atoms with Crippen molar-refractivity contribution in [3.05, 3.63) is 150 Å². The molecule has 5 heteroatoms. The Balaban J connectivity index is 0.00000221. The van der Waals surface area contributed by atoms with Gasteiger partial charge in [-0.2, -0.15) is 0 Å².